The van der Waals surface area contributed by atoms with Gasteiger partial charge >= 0.3 is 0 Å². The van der Waals surface area contributed by atoms with Crippen molar-refractivity contribution >= 4 is 11.0 Å². The smallest absolute Gasteiger partial charge is 0.134 e. The number of likely N-dealkylation sites (N-methyl/N-ethyl adjacent to an activating group) is 1. The predicted octanol–water partition coefficient (Wildman–Crippen LogP) is 2.89. The molecule has 0 aliphatic heterocycles. The lowest BCUT2D eigenvalue weighted by atomic mass is 10.0. The fourth-order valence-corrected chi connectivity index (χ4v) is 1.79. The molecule has 0 aliphatic carbocycles. The van der Waals surface area contributed by atoms with Crippen LogP contribution in [-0.4, -0.2) is 13.1 Å². The number of nitrogens with one attached hydrogen (secondary N) is 1. The van der Waals surface area contributed by atoms with Crippen molar-refractivity contribution in [3.05, 3.63) is 35.6 Å². The van der Waals surface area contributed by atoms with Gasteiger partial charge in [-0.1, -0.05) is 11.6 Å². The molecule has 1 atom stereocenters. The third-order valence-corrected chi connectivity index (χ3v) is 2.83. The van der Waals surface area contributed by atoms with Gasteiger partial charge in [0.15, 0.2) is 0 Å². The van der Waals surface area contributed by atoms with Gasteiger partial charge in [-0.15, -0.1) is 0 Å². The molecule has 1 aromatic heterocycles. The molecule has 0 bridgehead atoms. The highest BCUT2D eigenvalue weighted by atomic mass is 16.3. The molecule has 1 aromatic carbocycles. The molecule has 2 nitrogen and oxygen atoms in total. The molecule has 1 N–H and O–H groups in total. The maximum Gasteiger partial charge on any atom is 0.134 e. The molecule has 0 amide bonds. The monoisotopic (exact) mass is 203 g/mol. The second-order valence-corrected chi connectivity index (χ2v) is 4.15. The standard InChI is InChI=1S/C13H17NO/c1-9-4-5-13-12(6-9)11(8-15-13)7-10(2)14-3/h4-6,8,10,14H,7H2,1-3H3. The van der Waals surface area contributed by atoms with Crippen LogP contribution >= 0.6 is 0 Å². The zero-order chi connectivity index (χ0) is 10.8. The third-order valence-electron chi connectivity index (χ3n) is 2.83. The van der Waals surface area contributed by atoms with Crippen molar-refractivity contribution in [2.24, 2.45) is 0 Å². The van der Waals surface area contributed by atoms with Crippen molar-refractivity contribution < 1.29 is 4.42 Å². The van der Waals surface area contributed by atoms with Crippen LogP contribution in [0.15, 0.2) is 28.9 Å². The lowest BCUT2D eigenvalue weighted by Crippen LogP contribution is -2.23. The molecule has 2 rings (SSSR count). The van der Waals surface area contributed by atoms with E-state index in [-0.39, 0.29) is 0 Å². The second kappa shape index (κ2) is 4.07. The minimum Gasteiger partial charge on any atom is -0.464 e. The zero-order valence-corrected chi connectivity index (χ0v) is 9.50. The minimum absolute atomic E-state index is 0.478. The Hall–Kier alpha value is -1.28. The highest BCUT2D eigenvalue weighted by Crippen LogP contribution is 2.23. The van der Waals surface area contributed by atoms with Crippen LogP contribution in [-0.2, 0) is 6.42 Å². The number of fused-ring (bicyclic) bond motifs is 1. The van der Waals surface area contributed by atoms with Gasteiger partial charge in [0.25, 0.3) is 0 Å². The van der Waals surface area contributed by atoms with Gasteiger partial charge in [-0.05, 0) is 45.0 Å². The average Bonchev–Trinajstić information content (AvgIpc) is 2.61. The summed E-state index contributed by atoms with van der Waals surface area (Å²) in [5.41, 5.74) is 3.55. The lowest BCUT2D eigenvalue weighted by Gasteiger charge is -2.07. The first kappa shape index (κ1) is 10.2. The Bertz CT molecular complexity index is 459. The summed E-state index contributed by atoms with van der Waals surface area (Å²) in [6.07, 6.45) is 2.88. The molecule has 1 heterocycles. The summed E-state index contributed by atoms with van der Waals surface area (Å²) in [6.45, 7) is 4.28. The number of rotatable bonds is 3. The summed E-state index contributed by atoms with van der Waals surface area (Å²) in [5, 5.41) is 4.49. The van der Waals surface area contributed by atoms with Crippen LogP contribution in [0.25, 0.3) is 11.0 Å². The van der Waals surface area contributed by atoms with Crippen LogP contribution < -0.4 is 5.32 Å². The molecule has 2 aromatic rings. The number of aryl methyl sites for hydroxylation is 1. The van der Waals surface area contributed by atoms with Gasteiger partial charge in [-0.3, -0.25) is 0 Å². The summed E-state index contributed by atoms with van der Waals surface area (Å²) in [5.74, 6) is 0. The lowest BCUT2D eigenvalue weighted by molar-refractivity contribution is 0.583. The van der Waals surface area contributed by atoms with E-state index in [0.29, 0.717) is 6.04 Å². The Labute approximate surface area is 90.3 Å². The molecule has 2 heteroatoms. The van der Waals surface area contributed by atoms with Crippen molar-refractivity contribution in [1.82, 2.24) is 5.32 Å². The normalized spacial score (nSPS) is 13.3. The zero-order valence-electron chi connectivity index (χ0n) is 9.50. The summed E-state index contributed by atoms with van der Waals surface area (Å²) < 4.78 is 5.52. The van der Waals surface area contributed by atoms with Crippen molar-refractivity contribution in [3.8, 4) is 0 Å². The van der Waals surface area contributed by atoms with Gasteiger partial charge in [0.2, 0.25) is 0 Å². The number of hydrogen-bond donors (Lipinski definition) is 1. The molecule has 0 spiro atoms. The largest absolute Gasteiger partial charge is 0.464 e. The van der Waals surface area contributed by atoms with E-state index in [2.05, 4.69) is 31.3 Å². The average molecular weight is 203 g/mol. The number of furan rings is 1. The van der Waals surface area contributed by atoms with Crippen LogP contribution in [0.5, 0.6) is 0 Å². The van der Waals surface area contributed by atoms with E-state index in [9.17, 15) is 0 Å². The third kappa shape index (κ3) is 2.05. The first-order valence-electron chi connectivity index (χ1n) is 5.34. The molecular weight excluding hydrogens is 186 g/mol. The molecular formula is C13H17NO. The van der Waals surface area contributed by atoms with Gasteiger partial charge < -0.3 is 9.73 Å². The molecule has 0 saturated heterocycles. The van der Waals surface area contributed by atoms with Gasteiger partial charge in [0.05, 0.1) is 6.26 Å². The van der Waals surface area contributed by atoms with Crippen molar-refractivity contribution in [1.29, 1.82) is 0 Å². The maximum atomic E-state index is 5.52. The molecule has 0 fully saturated rings. The van der Waals surface area contributed by atoms with Crippen LogP contribution in [0.3, 0.4) is 0 Å². The Balaban J connectivity index is 2.39. The molecule has 0 saturated carbocycles. The fraction of sp³-hybridized carbons (Fsp3) is 0.385. The van der Waals surface area contributed by atoms with E-state index in [1.807, 2.05) is 19.4 Å². The number of benzene rings is 1. The van der Waals surface area contributed by atoms with Gasteiger partial charge in [0.1, 0.15) is 5.58 Å². The van der Waals surface area contributed by atoms with Crippen LogP contribution in [0, 0.1) is 6.92 Å². The Morgan fingerprint density at radius 2 is 2.20 bits per heavy atom. The van der Waals surface area contributed by atoms with Crippen LogP contribution in [0.2, 0.25) is 0 Å². The Morgan fingerprint density at radius 1 is 1.40 bits per heavy atom. The summed E-state index contributed by atoms with van der Waals surface area (Å²) in [4.78, 5) is 0. The van der Waals surface area contributed by atoms with Crippen LogP contribution in [0.1, 0.15) is 18.1 Å². The van der Waals surface area contributed by atoms with E-state index in [0.717, 1.165) is 12.0 Å². The SMILES string of the molecule is CNC(C)Cc1coc2ccc(C)cc12. The quantitative estimate of drug-likeness (QED) is 0.829. The molecule has 80 valence electrons. The minimum atomic E-state index is 0.478. The summed E-state index contributed by atoms with van der Waals surface area (Å²) in [7, 11) is 1.98. The van der Waals surface area contributed by atoms with Gasteiger partial charge in [-0.25, -0.2) is 0 Å². The summed E-state index contributed by atoms with van der Waals surface area (Å²) in [6, 6.07) is 6.79. The summed E-state index contributed by atoms with van der Waals surface area (Å²) >= 11 is 0. The van der Waals surface area contributed by atoms with Crippen LogP contribution in [0.4, 0.5) is 0 Å². The molecule has 0 radical (unpaired) electrons. The molecule has 15 heavy (non-hydrogen) atoms. The first-order chi connectivity index (χ1) is 7.20. The van der Waals surface area contributed by atoms with Gasteiger partial charge in [-0.2, -0.15) is 0 Å². The fourth-order valence-electron chi connectivity index (χ4n) is 1.79. The molecule has 1 unspecified atom stereocenters. The highest BCUT2D eigenvalue weighted by molar-refractivity contribution is 5.81. The second-order valence-electron chi connectivity index (χ2n) is 4.15. The van der Waals surface area contributed by atoms with Crippen molar-refractivity contribution in [3.63, 3.8) is 0 Å². The number of hydrogen-bond acceptors (Lipinski definition) is 2. The molecule has 0 aliphatic rings. The van der Waals surface area contributed by atoms with E-state index < -0.39 is 0 Å². The first-order valence-corrected chi connectivity index (χ1v) is 5.34. The van der Waals surface area contributed by atoms with Crippen molar-refractivity contribution in [2.75, 3.05) is 7.05 Å². The Morgan fingerprint density at radius 3 is 2.93 bits per heavy atom. The van der Waals surface area contributed by atoms with E-state index in [1.54, 1.807) is 0 Å². The Kier molecular flexibility index (Phi) is 2.78. The maximum absolute atomic E-state index is 5.52. The van der Waals surface area contributed by atoms with Crippen molar-refractivity contribution in [2.45, 2.75) is 26.3 Å². The van der Waals surface area contributed by atoms with E-state index >= 15 is 0 Å². The highest BCUT2D eigenvalue weighted by Gasteiger charge is 2.08. The topological polar surface area (TPSA) is 25.2 Å². The van der Waals surface area contributed by atoms with E-state index in [4.69, 9.17) is 4.42 Å². The van der Waals surface area contributed by atoms with Gasteiger partial charge in [0, 0.05) is 11.4 Å². The predicted molar refractivity (Wildman–Crippen MR) is 63.2 cm³/mol. The van der Waals surface area contributed by atoms with E-state index in [1.165, 1.54) is 16.5 Å².